The summed E-state index contributed by atoms with van der Waals surface area (Å²) in [5.41, 5.74) is 0.636. The summed E-state index contributed by atoms with van der Waals surface area (Å²) >= 11 is 0.909. The fourth-order valence-corrected chi connectivity index (χ4v) is 2.44. The maximum absolute atomic E-state index is 11.3. The van der Waals surface area contributed by atoms with Gasteiger partial charge in [0.1, 0.15) is 5.82 Å². The number of nitrogens with one attached hydrogen (secondary N) is 1. The maximum Gasteiger partial charge on any atom is 0.213 e. The van der Waals surface area contributed by atoms with Crippen LogP contribution in [-0.4, -0.2) is 35.4 Å². The molecule has 2 aromatic rings. The molecule has 1 N–H and O–H groups in total. The van der Waals surface area contributed by atoms with E-state index < -0.39 is 5.97 Å². The summed E-state index contributed by atoms with van der Waals surface area (Å²) in [5.74, 6) is 0.369. The van der Waals surface area contributed by atoms with Crippen LogP contribution in [0.1, 0.15) is 11.4 Å². The Balaban J connectivity index is 2.31. The van der Waals surface area contributed by atoms with Crippen molar-refractivity contribution in [2.45, 2.75) is 12.1 Å². The van der Waals surface area contributed by atoms with Crippen LogP contribution in [0.3, 0.4) is 0 Å². The first-order valence-electron chi connectivity index (χ1n) is 6.25. The van der Waals surface area contributed by atoms with Gasteiger partial charge in [0.05, 0.1) is 20.2 Å². The number of aliphatic carboxylic acids is 1. The Morgan fingerprint density at radius 1 is 1.32 bits per heavy atom. The molecule has 0 aliphatic rings. The largest absolute Gasteiger partial charge is 0.544 e. The molecule has 0 fully saturated rings. The lowest BCUT2D eigenvalue weighted by molar-refractivity contribution is -0.297. The van der Waals surface area contributed by atoms with Crippen molar-refractivity contribution in [3.63, 3.8) is 0 Å². The predicted octanol–water partition coefficient (Wildman–Crippen LogP) is 1.01. The molecule has 1 aromatic carbocycles. The summed E-state index contributed by atoms with van der Waals surface area (Å²) < 4.78 is 10.3. The smallest absolute Gasteiger partial charge is 0.213 e. The summed E-state index contributed by atoms with van der Waals surface area (Å²) in [6.45, 7) is 1.73. The zero-order chi connectivity index (χ0) is 16.1. The number of aromatic nitrogens is 3. The van der Waals surface area contributed by atoms with Gasteiger partial charge in [-0.2, -0.15) is 0 Å². The number of carbonyl (C=O) groups excluding carboxylic acids is 1. The minimum Gasteiger partial charge on any atom is -0.544 e. The van der Waals surface area contributed by atoms with Crippen LogP contribution >= 0.6 is 11.8 Å². The summed E-state index contributed by atoms with van der Waals surface area (Å²) in [5, 5.41) is 18.1. The van der Waals surface area contributed by atoms with Crippen LogP contribution in [0.4, 0.5) is 0 Å². The number of benzene rings is 1. The van der Waals surface area contributed by atoms with Gasteiger partial charge in [0.2, 0.25) is 5.16 Å². The van der Waals surface area contributed by atoms with E-state index in [9.17, 15) is 9.90 Å². The van der Waals surface area contributed by atoms with Crippen molar-refractivity contribution in [3.05, 3.63) is 34.5 Å². The number of carboxylic acid groups (broad SMARTS) is 1. The Kier molecular flexibility index (Phi) is 5.05. The Morgan fingerprint density at radius 3 is 2.59 bits per heavy atom. The highest BCUT2D eigenvalue weighted by atomic mass is 32.2. The van der Waals surface area contributed by atoms with Crippen molar-refractivity contribution in [3.8, 4) is 11.5 Å². The lowest BCUT2D eigenvalue weighted by Gasteiger charge is -2.09. The van der Waals surface area contributed by atoms with Gasteiger partial charge in [0.25, 0.3) is 0 Å². The number of ether oxygens (including phenoxy) is 2. The molecule has 8 heteroatoms. The van der Waals surface area contributed by atoms with E-state index in [-0.39, 0.29) is 4.91 Å². The molecule has 0 aliphatic carbocycles. The van der Waals surface area contributed by atoms with Gasteiger partial charge in [0.15, 0.2) is 11.5 Å². The van der Waals surface area contributed by atoms with Crippen LogP contribution in [0.15, 0.2) is 28.3 Å². The van der Waals surface area contributed by atoms with Gasteiger partial charge in [-0.25, -0.2) is 4.98 Å². The molecular formula is C14H14N3O4S-. The normalized spacial score (nSPS) is 11.3. The number of carboxylic acids is 1. The molecule has 0 atom stereocenters. The summed E-state index contributed by atoms with van der Waals surface area (Å²) in [6, 6.07) is 5.08. The molecule has 1 heterocycles. The number of thioether (sulfide) groups is 1. The first-order valence-corrected chi connectivity index (χ1v) is 7.07. The van der Waals surface area contributed by atoms with E-state index in [2.05, 4.69) is 15.2 Å². The van der Waals surface area contributed by atoms with Crippen molar-refractivity contribution in [2.75, 3.05) is 14.2 Å². The third kappa shape index (κ3) is 3.79. The molecule has 0 spiro atoms. The number of methoxy groups -OCH3 is 2. The summed E-state index contributed by atoms with van der Waals surface area (Å²) in [7, 11) is 3.04. The van der Waals surface area contributed by atoms with Crippen LogP contribution in [0.25, 0.3) is 6.08 Å². The van der Waals surface area contributed by atoms with E-state index in [0.717, 1.165) is 11.8 Å². The van der Waals surface area contributed by atoms with Gasteiger partial charge >= 0.3 is 0 Å². The monoisotopic (exact) mass is 320 g/mol. The molecule has 22 heavy (non-hydrogen) atoms. The summed E-state index contributed by atoms with van der Waals surface area (Å²) in [4.78, 5) is 15.3. The molecule has 2 rings (SSSR count). The molecule has 0 bridgehead atoms. The van der Waals surface area contributed by atoms with Crippen molar-refractivity contribution in [2.24, 2.45) is 0 Å². The first kappa shape index (κ1) is 15.9. The minimum atomic E-state index is -1.30. The Labute approximate surface area is 131 Å². The first-order chi connectivity index (χ1) is 10.5. The molecule has 1 aromatic heterocycles. The minimum absolute atomic E-state index is 0.00813. The highest BCUT2D eigenvalue weighted by Gasteiger charge is 2.09. The van der Waals surface area contributed by atoms with Crippen molar-refractivity contribution in [1.82, 2.24) is 15.2 Å². The van der Waals surface area contributed by atoms with Gasteiger partial charge in [-0.3, -0.25) is 5.10 Å². The summed E-state index contributed by atoms with van der Waals surface area (Å²) in [6.07, 6.45) is 1.47. The molecule has 0 saturated heterocycles. The lowest BCUT2D eigenvalue weighted by atomic mass is 10.2. The highest BCUT2D eigenvalue weighted by Crippen LogP contribution is 2.30. The van der Waals surface area contributed by atoms with E-state index in [0.29, 0.717) is 28.0 Å². The second-order valence-electron chi connectivity index (χ2n) is 4.22. The second kappa shape index (κ2) is 6.99. The lowest BCUT2D eigenvalue weighted by Crippen LogP contribution is -2.23. The number of aryl methyl sites for hydroxylation is 1. The number of rotatable bonds is 6. The van der Waals surface area contributed by atoms with E-state index in [1.54, 1.807) is 25.1 Å². The van der Waals surface area contributed by atoms with Crippen molar-refractivity contribution in [1.29, 1.82) is 0 Å². The van der Waals surface area contributed by atoms with Gasteiger partial charge in [-0.15, -0.1) is 5.10 Å². The molecule has 0 aliphatic heterocycles. The van der Waals surface area contributed by atoms with Crippen LogP contribution in [0.2, 0.25) is 0 Å². The fourth-order valence-electron chi connectivity index (χ4n) is 1.69. The van der Waals surface area contributed by atoms with E-state index in [4.69, 9.17) is 9.47 Å². The number of hydrogen-bond acceptors (Lipinski definition) is 7. The van der Waals surface area contributed by atoms with Gasteiger partial charge in [-0.1, -0.05) is 6.07 Å². The molecule has 0 amide bonds. The topological polar surface area (TPSA) is 100 Å². The fraction of sp³-hybridized carbons (Fsp3) is 0.214. The third-order valence-corrected chi connectivity index (χ3v) is 3.55. The van der Waals surface area contributed by atoms with Gasteiger partial charge in [0, 0.05) is 4.91 Å². The number of H-pyrrole nitrogens is 1. The van der Waals surface area contributed by atoms with E-state index in [1.165, 1.54) is 20.3 Å². The molecule has 0 unspecified atom stereocenters. The molecular weight excluding hydrogens is 306 g/mol. The standard InChI is InChI=1S/C14H15N3O4S/c1-8-15-14(17-16-8)22-12(13(18)19)7-9-4-5-10(20-2)11(6-9)21-3/h4-7H,1-3H3,(H,18,19)(H,15,16,17)/p-1/b12-7-. The molecule has 0 saturated carbocycles. The van der Waals surface area contributed by atoms with Crippen LogP contribution in [0, 0.1) is 6.92 Å². The van der Waals surface area contributed by atoms with Gasteiger partial charge in [-0.05, 0) is 42.5 Å². The number of hydrogen-bond donors (Lipinski definition) is 1. The van der Waals surface area contributed by atoms with Gasteiger partial charge < -0.3 is 19.4 Å². The molecule has 7 nitrogen and oxygen atoms in total. The van der Waals surface area contributed by atoms with Crippen molar-refractivity contribution < 1.29 is 19.4 Å². The van der Waals surface area contributed by atoms with E-state index in [1.807, 2.05) is 0 Å². The number of carbonyl (C=O) groups is 1. The number of nitrogens with zero attached hydrogens (tertiary/aromatic N) is 2. The Morgan fingerprint density at radius 2 is 2.05 bits per heavy atom. The van der Waals surface area contributed by atoms with Crippen LogP contribution < -0.4 is 14.6 Å². The highest BCUT2D eigenvalue weighted by molar-refractivity contribution is 8.04. The zero-order valence-corrected chi connectivity index (χ0v) is 13.1. The average Bonchev–Trinajstić information content (AvgIpc) is 2.91. The third-order valence-electron chi connectivity index (χ3n) is 2.68. The Hall–Kier alpha value is -2.48. The second-order valence-corrected chi connectivity index (χ2v) is 5.23. The van der Waals surface area contributed by atoms with Crippen LogP contribution in [0.5, 0.6) is 11.5 Å². The predicted molar refractivity (Wildman–Crippen MR) is 79.5 cm³/mol. The average molecular weight is 320 g/mol. The number of aromatic amines is 1. The maximum atomic E-state index is 11.3. The Bertz CT molecular complexity index is 712. The van der Waals surface area contributed by atoms with Crippen LogP contribution in [-0.2, 0) is 4.79 Å². The molecule has 0 radical (unpaired) electrons. The van der Waals surface area contributed by atoms with E-state index >= 15 is 0 Å². The quantitative estimate of drug-likeness (QED) is 0.626. The molecule has 116 valence electrons. The zero-order valence-electron chi connectivity index (χ0n) is 12.2. The SMILES string of the molecule is COc1ccc(/C=C(\Sc2n[nH]c(C)n2)C(=O)[O-])cc1OC. The van der Waals surface area contributed by atoms with Crippen molar-refractivity contribution >= 4 is 23.8 Å².